The van der Waals surface area contributed by atoms with E-state index < -0.39 is 0 Å². The maximum absolute atomic E-state index is 11.0. The highest BCUT2D eigenvalue weighted by Crippen LogP contribution is 2.18. The molecule has 100 valence electrons. The lowest BCUT2D eigenvalue weighted by atomic mass is 10.0. The molecule has 0 saturated heterocycles. The first-order valence-corrected chi connectivity index (χ1v) is 6.66. The summed E-state index contributed by atoms with van der Waals surface area (Å²) in [4.78, 5) is 11.0. The summed E-state index contributed by atoms with van der Waals surface area (Å²) in [6.45, 7) is 1.78. The quantitative estimate of drug-likeness (QED) is 0.675. The normalized spacial score (nSPS) is 10.8. The van der Waals surface area contributed by atoms with Gasteiger partial charge in [0, 0.05) is 6.42 Å². The van der Waals surface area contributed by atoms with Gasteiger partial charge < -0.3 is 4.52 Å². The molecular weight excluding hydrogens is 250 g/mol. The predicted molar refractivity (Wildman–Crippen MR) is 78.0 cm³/mol. The molecule has 3 heteroatoms. The largest absolute Gasteiger partial charge is 0.360 e. The molecule has 1 aromatic heterocycles. The summed E-state index contributed by atoms with van der Waals surface area (Å²) in [6.07, 6.45) is 2.34. The van der Waals surface area contributed by atoms with Gasteiger partial charge in [-0.3, -0.25) is 4.79 Å². The van der Waals surface area contributed by atoms with Crippen molar-refractivity contribution >= 4 is 17.1 Å². The maximum atomic E-state index is 11.0. The van der Waals surface area contributed by atoms with Crippen LogP contribution in [0.15, 0.2) is 47.0 Å². The summed E-state index contributed by atoms with van der Waals surface area (Å²) in [5.41, 5.74) is 2.48. The number of rotatable bonds is 4. The van der Waals surface area contributed by atoms with Crippen LogP contribution in [-0.2, 0) is 12.8 Å². The van der Waals surface area contributed by atoms with Crippen LogP contribution in [0.1, 0.15) is 27.4 Å². The monoisotopic (exact) mass is 265 g/mol. The lowest BCUT2D eigenvalue weighted by Crippen LogP contribution is -1.94. The number of nitrogens with zero attached hydrogens (tertiary/aromatic N) is 1. The van der Waals surface area contributed by atoms with Gasteiger partial charge in [-0.15, -0.1) is 0 Å². The van der Waals surface area contributed by atoms with Gasteiger partial charge in [0.1, 0.15) is 5.76 Å². The van der Waals surface area contributed by atoms with Crippen LogP contribution in [0, 0.1) is 6.92 Å². The molecule has 0 bridgehead atoms. The van der Waals surface area contributed by atoms with Gasteiger partial charge in [0.2, 0.25) is 0 Å². The van der Waals surface area contributed by atoms with Crippen molar-refractivity contribution in [2.75, 3.05) is 0 Å². The molecule has 3 rings (SSSR count). The molecule has 2 aromatic carbocycles. The van der Waals surface area contributed by atoms with Crippen LogP contribution in [0.3, 0.4) is 0 Å². The van der Waals surface area contributed by atoms with Crippen LogP contribution >= 0.6 is 0 Å². The van der Waals surface area contributed by atoms with Gasteiger partial charge in [0.25, 0.3) is 0 Å². The average molecular weight is 265 g/mol. The van der Waals surface area contributed by atoms with Crippen LogP contribution in [-0.4, -0.2) is 11.4 Å². The number of aryl methyl sites for hydroxylation is 3. The number of hydrogen-bond acceptors (Lipinski definition) is 3. The minimum atomic E-state index is 0.589. The Labute approximate surface area is 117 Å². The van der Waals surface area contributed by atoms with Crippen molar-refractivity contribution in [3.63, 3.8) is 0 Å². The van der Waals surface area contributed by atoms with E-state index in [1.807, 2.05) is 12.1 Å². The van der Waals surface area contributed by atoms with E-state index in [1.165, 1.54) is 16.3 Å². The topological polar surface area (TPSA) is 43.1 Å². The Bertz CT molecular complexity index is 759. The number of carbonyl (C=O) groups excluding carboxylic acids is 1. The third kappa shape index (κ3) is 2.35. The van der Waals surface area contributed by atoms with E-state index >= 15 is 0 Å². The van der Waals surface area contributed by atoms with Crippen LogP contribution < -0.4 is 0 Å². The highest BCUT2D eigenvalue weighted by Gasteiger charge is 2.11. The molecule has 0 aliphatic carbocycles. The lowest BCUT2D eigenvalue weighted by Gasteiger charge is -2.03. The fourth-order valence-electron chi connectivity index (χ4n) is 2.41. The SMILES string of the molecule is Cc1noc(CCc2ccc3ccccc3c2)c1C=O. The number of fused-ring (bicyclic) bond motifs is 1. The van der Waals surface area contributed by atoms with Crippen LogP contribution in [0.5, 0.6) is 0 Å². The molecule has 0 saturated carbocycles. The van der Waals surface area contributed by atoms with E-state index in [0.29, 0.717) is 23.4 Å². The maximum Gasteiger partial charge on any atom is 0.155 e. The van der Waals surface area contributed by atoms with Crippen molar-refractivity contribution in [2.24, 2.45) is 0 Å². The van der Waals surface area contributed by atoms with Crippen molar-refractivity contribution in [2.45, 2.75) is 19.8 Å². The summed E-state index contributed by atoms with van der Waals surface area (Å²) in [7, 11) is 0. The van der Waals surface area contributed by atoms with Crippen LogP contribution in [0.4, 0.5) is 0 Å². The molecule has 3 nitrogen and oxygen atoms in total. The van der Waals surface area contributed by atoms with E-state index in [4.69, 9.17) is 4.52 Å². The predicted octanol–water partition coefficient (Wildman–Crippen LogP) is 3.73. The third-order valence-electron chi connectivity index (χ3n) is 3.56. The molecule has 0 spiro atoms. The number of hydrogen-bond donors (Lipinski definition) is 0. The van der Waals surface area contributed by atoms with Crippen molar-refractivity contribution in [1.82, 2.24) is 5.16 Å². The molecule has 0 N–H and O–H groups in total. The minimum absolute atomic E-state index is 0.589. The van der Waals surface area contributed by atoms with E-state index in [-0.39, 0.29) is 0 Å². The van der Waals surface area contributed by atoms with Gasteiger partial charge in [0.05, 0.1) is 11.3 Å². The fraction of sp³-hybridized carbons (Fsp3) is 0.176. The van der Waals surface area contributed by atoms with E-state index in [2.05, 4.69) is 35.5 Å². The van der Waals surface area contributed by atoms with Gasteiger partial charge in [-0.05, 0) is 29.7 Å². The highest BCUT2D eigenvalue weighted by molar-refractivity contribution is 5.83. The van der Waals surface area contributed by atoms with Gasteiger partial charge in [-0.25, -0.2) is 0 Å². The Kier molecular flexibility index (Phi) is 3.33. The summed E-state index contributed by atoms with van der Waals surface area (Å²) >= 11 is 0. The average Bonchev–Trinajstić information content (AvgIpc) is 2.85. The zero-order valence-corrected chi connectivity index (χ0v) is 11.3. The molecule has 0 aliphatic heterocycles. The Balaban J connectivity index is 1.81. The third-order valence-corrected chi connectivity index (χ3v) is 3.56. The highest BCUT2D eigenvalue weighted by atomic mass is 16.5. The molecule has 0 aliphatic rings. The van der Waals surface area contributed by atoms with Gasteiger partial charge in [0.15, 0.2) is 6.29 Å². The first kappa shape index (κ1) is 12.6. The standard InChI is InChI=1S/C17H15NO2/c1-12-16(11-19)17(20-18-12)9-7-13-6-8-14-4-2-3-5-15(14)10-13/h2-6,8,10-11H,7,9H2,1H3. The van der Waals surface area contributed by atoms with Crippen molar-refractivity contribution in [3.05, 3.63) is 65.0 Å². The second-order valence-corrected chi connectivity index (χ2v) is 4.90. The fourth-order valence-corrected chi connectivity index (χ4v) is 2.41. The second-order valence-electron chi connectivity index (χ2n) is 4.90. The van der Waals surface area contributed by atoms with E-state index in [9.17, 15) is 4.79 Å². The zero-order valence-electron chi connectivity index (χ0n) is 11.3. The van der Waals surface area contributed by atoms with Gasteiger partial charge in [-0.2, -0.15) is 0 Å². The van der Waals surface area contributed by atoms with E-state index in [1.54, 1.807) is 6.92 Å². The molecule has 3 aromatic rings. The molecule has 0 atom stereocenters. The lowest BCUT2D eigenvalue weighted by molar-refractivity contribution is 0.112. The molecule has 0 radical (unpaired) electrons. The number of aromatic nitrogens is 1. The zero-order chi connectivity index (χ0) is 13.9. The van der Waals surface area contributed by atoms with Crippen LogP contribution in [0.25, 0.3) is 10.8 Å². The molecule has 20 heavy (non-hydrogen) atoms. The summed E-state index contributed by atoms with van der Waals surface area (Å²) < 4.78 is 5.21. The Morgan fingerprint density at radius 1 is 1.10 bits per heavy atom. The first-order chi connectivity index (χ1) is 9.78. The van der Waals surface area contributed by atoms with Crippen molar-refractivity contribution in [3.8, 4) is 0 Å². The second kappa shape index (κ2) is 5.29. The molecule has 0 unspecified atom stereocenters. The molecule has 0 fully saturated rings. The van der Waals surface area contributed by atoms with E-state index in [0.717, 1.165) is 12.7 Å². The van der Waals surface area contributed by atoms with Crippen molar-refractivity contribution < 1.29 is 9.32 Å². The first-order valence-electron chi connectivity index (χ1n) is 6.66. The molecule has 1 heterocycles. The Morgan fingerprint density at radius 3 is 2.70 bits per heavy atom. The number of carbonyl (C=O) groups is 1. The summed E-state index contributed by atoms with van der Waals surface area (Å²) in [5.74, 6) is 0.672. The Hall–Kier alpha value is -2.42. The van der Waals surface area contributed by atoms with Gasteiger partial charge in [-0.1, -0.05) is 47.6 Å². The molecule has 0 amide bonds. The molecular formula is C17H15NO2. The minimum Gasteiger partial charge on any atom is -0.360 e. The Morgan fingerprint density at radius 2 is 1.90 bits per heavy atom. The van der Waals surface area contributed by atoms with Crippen LogP contribution in [0.2, 0.25) is 0 Å². The smallest absolute Gasteiger partial charge is 0.155 e. The van der Waals surface area contributed by atoms with Crippen molar-refractivity contribution in [1.29, 1.82) is 0 Å². The summed E-state index contributed by atoms with van der Waals surface area (Å²) in [6, 6.07) is 14.7. The number of aldehydes is 1. The van der Waals surface area contributed by atoms with Gasteiger partial charge >= 0.3 is 0 Å². The summed E-state index contributed by atoms with van der Waals surface area (Å²) in [5, 5.41) is 6.31. The number of benzene rings is 2.